The Morgan fingerprint density at radius 1 is 0.955 bits per heavy atom. The number of nitrogens with one attached hydrogen (secondary N) is 1. The van der Waals surface area contributed by atoms with Gasteiger partial charge < -0.3 is 5.11 Å². The van der Waals surface area contributed by atoms with Crippen LogP contribution in [0.1, 0.15) is 57.8 Å². The number of sulfonamides is 1. The Morgan fingerprint density at radius 2 is 1.64 bits per heavy atom. The molecule has 3 fully saturated rings. The monoisotopic (exact) mass is 330 g/mol. The highest BCUT2D eigenvalue weighted by Crippen LogP contribution is 2.28. The van der Waals surface area contributed by atoms with Crippen molar-refractivity contribution >= 4 is 10.0 Å². The highest BCUT2D eigenvalue weighted by molar-refractivity contribution is 7.89. The van der Waals surface area contributed by atoms with E-state index in [9.17, 15) is 13.5 Å². The first kappa shape index (κ1) is 16.7. The molecule has 1 aliphatic heterocycles. The maximum absolute atomic E-state index is 12.2. The Kier molecular flexibility index (Phi) is 5.43. The lowest BCUT2D eigenvalue weighted by Crippen LogP contribution is -2.52. The lowest BCUT2D eigenvalue weighted by Gasteiger charge is -2.41. The molecule has 0 spiro atoms. The molecule has 5 nitrogen and oxygen atoms in total. The summed E-state index contributed by atoms with van der Waals surface area (Å²) in [6, 6.07) is 0.378. The van der Waals surface area contributed by atoms with Gasteiger partial charge in [0.1, 0.15) is 0 Å². The second-order valence-corrected chi connectivity index (χ2v) is 9.22. The Morgan fingerprint density at radius 3 is 2.23 bits per heavy atom. The molecule has 2 atom stereocenters. The largest absolute Gasteiger partial charge is 0.391 e. The summed E-state index contributed by atoms with van der Waals surface area (Å²) in [7, 11) is -3.11. The number of aliphatic hydroxyl groups excluding tert-OH is 1. The summed E-state index contributed by atoms with van der Waals surface area (Å²) in [4.78, 5) is 2.38. The van der Waals surface area contributed by atoms with Crippen molar-refractivity contribution < 1.29 is 13.5 Å². The van der Waals surface area contributed by atoms with E-state index in [-0.39, 0.29) is 12.1 Å². The van der Waals surface area contributed by atoms with Crippen LogP contribution in [0.25, 0.3) is 0 Å². The highest BCUT2D eigenvalue weighted by Gasteiger charge is 2.33. The fourth-order valence-electron chi connectivity index (χ4n) is 4.14. The van der Waals surface area contributed by atoms with Gasteiger partial charge in [0.15, 0.2) is 0 Å². The molecule has 2 aliphatic carbocycles. The van der Waals surface area contributed by atoms with Crippen molar-refractivity contribution in [2.24, 2.45) is 5.92 Å². The maximum Gasteiger partial charge on any atom is 0.212 e. The number of aliphatic hydroxyl groups is 1. The Labute approximate surface area is 134 Å². The lowest BCUT2D eigenvalue weighted by atomic mass is 9.87. The van der Waals surface area contributed by atoms with Gasteiger partial charge in [0.2, 0.25) is 10.0 Å². The predicted octanol–water partition coefficient (Wildman–Crippen LogP) is 1.47. The van der Waals surface area contributed by atoms with E-state index in [1.807, 2.05) is 0 Å². The fourth-order valence-corrected chi connectivity index (χ4v) is 5.93. The van der Waals surface area contributed by atoms with Crippen molar-refractivity contribution in [3.05, 3.63) is 0 Å². The van der Waals surface area contributed by atoms with Gasteiger partial charge in [-0.15, -0.1) is 0 Å². The molecule has 2 N–H and O–H groups in total. The van der Waals surface area contributed by atoms with Crippen LogP contribution in [0, 0.1) is 5.92 Å². The molecule has 0 amide bonds. The van der Waals surface area contributed by atoms with Gasteiger partial charge >= 0.3 is 0 Å². The molecule has 3 rings (SSSR count). The molecule has 2 unspecified atom stereocenters. The summed E-state index contributed by atoms with van der Waals surface area (Å²) in [6.07, 6.45) is 9.20. The summed E-state index contributed by atoms with van der Waals surface area (Å²) >= 11 is 0. The van der Waals surface area contributed by atoms with E-state index in [1.165, 1.54) is 12.8 Å². The van der Waals surface area contributed by atoms with E-state index < -0.39 is 10.0 Å². The van der Waals surface area contributed by atoms with Crippen molar-refractivity contribution in [1.82, 2.24) is 9.62 Å². The van der Waals surface area contributed by atoms with E-state index in [0.29, 0.717) is 17.7 Å². The van der Waals surface area contributed by atoms with Crippen LogP contribution < -0.4 is 4.72 Å². The number of hydrogen-bond acceptors (Lipinski definition) is 4. The van der Waals surface area contributed by atoms with Gasteiger partial charge in [0.05, 0.1) is 11.9 Å². The first-order chi connectivity index (χ1) is 10.5. The van der Waals surface area contributed by atoms with Crippen LogP contribution >= 0.6 is 0 Å². The number of rotatable bonds is 5. The van der Waals surface area contributed by atoms with Gasteiger partial charge in [0, 0.05) is 25.2 Å². The van der Waals surface area contributed by atoms with Crippen molar-refractivity contribution in [3.63, 3.8) is 0 Å². The van der Waals surface area contributed by atoms with Gasteiger partial charge in [-0.1, -0.05) is 19.3 Å². The van der Waals surface area contributed by atoms with Crippen LogP contribution in [0.4, 0.5) is 0 Å². The van der Waals surface area contributed by atoms with Gasteiger partial charge in [-0.3, -0.25) is 4.90 Å². The fraction of sp³-hybridized carbons (Fsp3) is 1.00. The number of likely N-dealkylation sites (tertiary alicyclic amines) is 1. The average Bonchev–Trinajstić information content (AvgIpc) is 2.44. The Hall–Kier alpha value is -0.170. The SMILES string of the molecule is O=S(=O)(CC1CCC1)NC1CCN(C2CCCCC2O)CC1. The molecular weight excluding hydrogens is 300 g/mol. The number of nitrogens with zero attached hydrogens (tertiary/aromatic N) is 1. The van der Waals surface area contributed by atoms with E-state index >= 15 is 0 Å². The molecule has 0 aromatic carbocycles. The number of hydrogen-bond donors (Lipinski definition) is 2. The second kappa shape index (κ2) is 7.16. The van der Waals surface area contributed by atoms with Crippen molar-refractivity contribution in [2.45, 2.75) is 76.0 Å². The lowest BCUT2D eigenvalue weighted by molar-refractivity contribution is 0.00830. The molecule has 0 aromatic rings. The molecule has 1 heterocycles. The Balaban J connectivity index is 1.45. The van der Waals surface area contributed by atoms with E-state index in [2.05, 4.69) is 9.62 Å². The molecule has 0 aromatic heterocycles. The third kappa shape index (κ3) is 4.22. The van der Waals surface area contributed by atoms with E-state index in [0.717, 1.165) is 58.0 Å². The van der Waals surface area contributed by atoms with E-state index in [4.69, 9.17) is 0 Å². The highest BCUT2D eigenvalue weighted by atomic mass is 32.2. The molecule has 3 aliphatic rings. The summed E-state index contributed by atoms with van der Waals surface area (Å²) in [5.74, 6) is 0.698. The minimum atomic E-state index is -3.11. The summed E-state index contributed by atoms with van der Waals surface area (Å²) in [6.45, 7) is 1.80. The minimum absolute atomic E-state index is 0.0852. The third-order valence-electron chi connectivity index (χ3n) is 5.72. The second-order valence-electron chi connectivity index (χ2n) is 7.43. The van der Waals surface area contributed by atoms with Crippen LogP contribution in [-0.4, -0.2) is 55.5 Å². The smallest absolute Gasteiger partial charge is 0.212 e. The number of piperidine rings is 1. The standard InChI is InChI=1S/C16H30N2O3S/c19-16-7-2-1-6-15(16)18-10-8-14(9-11-18)17-22(20,21)12-13-4-3-5-13/h13-17,19H,1-12H2. The molecule has 0 radical (unpaired) electrons. The zero-order valence-electron chi connectivity index (χ0n) is 13.4. The van der Waals surface area contributed by atoms with Crippen LogP contribution in [0.5, 0.6) is 0 Å². The minimum Gasteiger partial charge on any atom is -0.391 e. The normalized spacial score (nSPS) is 32.8. The molecule has 22 heavy (non-hydrogen) atoms. The van der Waals surface area contributed by atoms with Gasteiger partial charge in [-0.05, 0) is 44.4 Å². The van der Waals surface area contributed by atoms with Gasteiger partial charge in [-0.25, -0.2) is 13.1 Å². The van der Waals surface area contributed by atoms with Crippen molar-refractivity contribution in [1.29, 1.82) is 0 Å². The van der Waals surface area contributed by atoms with Crippen LogP contribution in [0.2, 0.25) is 0 Å². The van der Waals surface area contributed by atoms with Gasteiger partial charge in [-0.2, -0.15) is 0 Å². The van der Waals surface area contributed by atoms with Crippen LogP contribution in [0.15, 0.2) is 0 Å². The summed E-state index contributed by atoms with van der Waals surface area (Å²) in [5, 5.41) is 10.2. The molecule has 0 bridgehead atoms. The van der Waals surface area contributed by atoms with Crippen LogP contribution in [0.3, 0.4) is 0 Å². The molecule has 128 valence electrons. The summed E-state index contributed by atoms with van der Waals surface area (Å²) < 4.78 is 27.3. The first-order valence-corrected chi connectivity index (χ1v) is 10.6. The summed E-state index contributed by atoms with van der Waals surface area (Å²) in [5.41, 5.74) is 0. The van der Waals surface area contributed by atoms with Crippen molar-refractivity contribution in [3.8, 4) is 0 Å². The zero-order chi connectivity index (χ0) is 15.6. The van der Waals surface area contributed by atoms with Crippen LogP contribution in [-0.2, 0) is 10.0 Å². The molecule has 2 saturated carbocycles. The molecule has 1 saturated heterocycles. The zero-order valence-corrected chi connectivity index (χ0v) is 14.2. The molecular formula is C16H30N2O3S. The predicted molar refractivity (Wildman–Crippen MR) is 87.1 cm³/mol. The topological polar surface area (TPSA) is 69.6 Å². The first-order valence-electron chi connectivity index (χ1n) is 8.95. The van der Waals surface area contributed by atoms with E-state index in [1.54, 1.807) is 0 Å². The van der Waals surface area contributed by atoms with Gasteiger partial charge in [0.25, 0.3) is 0 Å². The Bertz CT molecular complexity index is 456. The molecule has 6 heteroatoms. The third-order valence-corrected chi connectivity index (χ3v) is 7.32. The quantitative estimate of drug-likeness (QED) is 0.801. The maximum atomic E-state index is 12.2. The average molecular weight is 330 g/mol. The van der Waals surface area contributed by atoms with Crippen molar-refractivity contribution in [2.75, 3.05) is 18.8 Å².